The van der Waals surface area contributed by atoms with E-state index in [1.165, 1.54) is 16.3 Å². The van der Waals surface area contributed by atoms with Gasteiger partial charge in [0.1, 0.15) is 16.9 Å². The molecule has 0 aromatic carbocycles. The lowest BCUT2D eigenvalue weighted by Gasteiger charge is -2.23. The molecule has 0 aliphatic rings. The minimum absolute atomic E-state index is 0.150. The zero-order chi connectivity index (χ0) is 19.9. The molecule has 0 aliphatic heterocycles. The zero-order valence-electron chi connectivity index (χ0n) is 17.8. The summed E-state index contributed by atoms with van der Waals surface area (Å²) in [5.74, 6) is 0.955. The van der Waals surface area contributed by atoms with E-state index >= 15 is 0 Å². The van der Waals surface area contributed by atoms with E-state index in [2.05, 4.69) is 93.0 Å². The highest BCUT2D eigenvalue weighted by atomic mass is 32.1. The summed E-state index contributed by atoms with van der Waals surface area (Å²) >= 11 is 1.83. The van der Waals surface area contributed by atoms with Crippen molar-refractivity contribution in [1.82, 2.24) is 19.1 Å². The Morgan fingerprint density at radius 3 is 2.41 bits per heavy atom. The van der Waals surface area contributed by atoms with Gasteiger partial charge in [0.05, 0.1) is 36.7 Å². The van der Waals surface area contributed by atoms with Crippen molar-refractivity contribution < 1.29 is 4.57 Å². The first-order valence-corrected chi connectivity index (χ1v) is 10.4. The fourth-order valence-electron chi connectivity index (χ4n) is 3.99. The Morgan fingerprint density at radius 2 is 1.85 bits per heavy atom. The van der Waals surface area contributed by atoms with Crippen LogP contribution < -0.4 is 4.57 Å². The van der Waals surface area contributed by atoms with Crippen molar-refractivity contribution in [2.45, 2.75) is 65.3 Å². The van der Waals surface area contributed by atoms with Gasteiger partial charge < -0.3 is 4.57 Å². The van der Waals surface area contributed by atoms with Crippen LogP contribution in [0.5, 0.6) is 0 Å². The van der Waals surface area contributed by atoms with Crippen molar-refractivity contribution in [2.75, 3.05) is 0 Å². The van der Waals surface area contributed by atoms with Gasteiger partial charge in [-0.15, -0.1) is 11.3 Å². The van der Waals surface area contributed by atoms with Crippen LogP contribution in [0.1, 0.15) is 73.4 Å². The van der Waals surface area contributed by atoms with Crippen molar-refractivity contribution in [3.05, 3.63) is 52.0 Å². The molecule has 0 spiro atoms. The van der Waals surface area contributed by atoms with Crippen LogP contribution in [0.3, 0.4) is 0 Å². The van der Waals surface area contributed by atoms with Crippen molar-refractivity contribution in [3.63, 3.8) is 0 Å². The third kappa shape index (κ3) is 3.72. The molecule has 3 aromatic rings. The van der Waals surface area contributed by atoms with Gasteiger partial charge >= 0.3 is 0 Å². The van der Waals surface area contributed by atoms with Crippen LogP contribution in [0, 0.1) is 6.92 Å². The van der Waals surface area contributed by atoms with Gasteiger partial charge in [0.15, 0.2) is 0 Å². The van der Waals surface area contributed by atoms with E-state index in [9.17, 15) is 0 Å². The standard InChI is InChI=1S/C21H32N5S/c1-14(2)17-11-26(13-25(17)8)10-15(3)18-9-22-20(27-18)21(5,6)19-16(4)23-12-24(19)7/h9,11-15H,10H2,1-8H3/q+1. The van der Waals surface area contributed by atoms with Crippen LogP contribution in [0.25, 0.3) is 0 Å². The van der Waals surface area contributed by atoms with E-state index in [1.807, 2.05) is 17.7 Å². The molecular formula is C21H32N5S+. The molecule has 0 fully saturated rings. The van der Waals surface area contributed by atoms with Gasteiger partial charge in [-0.05, 0) is 20.8 Å². The predicted octanol–water partition coefficient (Wildman–Crippen LogP) is 4.06. The van der Waals surface area contributed by atoms with Gasteiger partial charge in [-0.2, -0.15) is 0 Å². The molecule has 0 amide bonds. The molecule has 0 radical (unpaired) electrons. The van der Waals surface area contributed by atoms with Crippen molar-refractivity contribution >= 4 is 11.3 Å². The Bertz CT molecular complexity index is 909. The van der Waals surface area contributed by atoms with Crippen LogP contribution in [0.15, 0.2) is 25.0 Å². The van der Waals surface area contributed by atoms with Gasteiger partial charge in [0, 0.05) is 30.0 Å². The van der Waals surface area contributed by atoms with Crippen molar-refractivity contribution in [2.24, 2.45) is 14.1 Å². The van der Waals surface area contributed by atoms with Gasteiger partial charge in [0.25, 0.3) is 0 Å². The largest absolute Gasteiger partial charge is 0.337 e. The number of imidazole rings is 2. The molecule has 5 nitrogen and oxygen atoms in total. The maximum absolute atomic E-state index is 4.80. The number of aromatic nitrogens is 5. The molecule has 0 saturated carbocycles. The Hall–Kier alpha value is -1.95. The number of hydrogen-bond donors (Lipinski definition) is 0. The molecule has 1 unspecified atom stereocenters. The second-order valence-corrected chi connectivity index (χ2v) is 9.58. The van der Waals surface area contributed by atoms with Crippen molar-refractivity contribution in [1.29, 1.82) is 0 Å². The van der Waals surface area contributed by atoms with E-state index in [0.717, 1.165) is 17.2 Å². The van der Waals surface area contributed by atoms with Crippen LogP contribution in [-0.4, -0.2) is 19.1 Å². The number of nitrogens with zero attached hydrogens (tertiary/aromatic N) is 5. The highest BCUT2D eigenvalue weighted by Gasteiger charge is 2.32. The van der Waals surface area contributed by atoms with Gasteiger partial charge in [-0.3, -0.25) is 0 Å². The molecule has 3 aromatic heterocycles. The minimum Gasteiger partial charge on any atom is -0.337 e. The van der Waals surface area contributed by atoms with Crippen LogP contribution >= 0.6 is 11.3 Å². The normalized spacial score (nSPS) is 13.5. The van der Waals surface area contributed by atoms with Crippen LogP contribution in [-0.2, 0) is 26.1 Å². The smallest absolute Gasteiger partial charge is 0.243 e. The third-order valence-corrected chi connectivity index (χ3v) is 6.91. The SMILES string of the molecule is Cc1ncn(C)c1C(C)(C)c1ncc(C(C)C[n+]2cc(C(C)C)n(C)c2)s1. The minimum atomic E-state index is -0.150. The molecule has 27 heavy (non-hydrogen) atoms. The summed E-state index contributed by atoms with van der Waals surface area (Å²) in [6.07, 6.45) is 8.41. The summed E-state index contributed by atoms with van der Waals surface area (Å²) in [4.78, 5) is 10.6. The predicted molar refractivity (Wildman–Crippen MR) is 110 cm³/mol. The average molecular weight is 387 g/mol. The summed E-state index contributed by atoms with van der Waals surface area (Å²) in [6, 6.07) is 0. The zero-order valence-corrected chi connectivity index (χ0v) is 18.6. The number of hydrogen-bond acceptors (Lipinski definition) is 3. The number of aryl methyl sites for hydroxylation is 3. The Labute approximate surface area is 166 Å². The molecule has 0 aliphatic carbocycles. The molecule has 3 rings (SSSR count). The summed E-state index contributed by atoms with van der Waals surface area (Å²) < 4.78 is 6.65. The highest BCUT2D eigenvalue weighted by Crippen LogP contribution is 2.37. The molecule has 0 N–H and O–H groups in total. The topological polar surface area (TPSA) is 39.5 Å². The van der Waals surface area contributed by atoms with Gasteiger partial charge in [-0.1, -0.05) is 20.8 Å². The highest BCUT2D eigenvalue weighted by molar-refractivity contribution is 7.11. The second-order valence-electron chi connectivity index (χ2n) is 8.52. The lowest BCUT2D eigenvalue weighted by atomic mass is 9.88. The maximum Gasteiger partial charge on any atom is 0.243 e. The monoisotopic (exact) mass is 386 g/mol. The molecule has 0 bridgehead atoms. The van der Waals surface area contributed by atoms with Gasteiger partial charge in [-0.25, -0.2) is 19.1 Å². The second kappa shape index (κ2) is 7.23. The Kier molecular flexibility index (Phi) is 5.30. The first-order valence-electron chi connectivity index (χ1n) is 9.61. The first kappa shape index (κ1) is 19.8. The molecular weight excluding hydrogens is 354 g/mol. The Balaban J connectivity index is 1.82. The molecule has 146 valence electrons. The number of thiazole rings is 1. The summed E-state index contributed by atoms with van der Waals surface area (Å²) in [5.41, 5.74) is 3.52. The fourth-order valence-corrected chi connectivity index (χ4v) is 5.05. The first-order chi connectivity index (χ1) is 12.6. The quantitative estimate of drug-likeness (QED) is 0.599. The molecule has 1 atom stereocenters. The summed E-state index contributed by atoms with van der Waals surface area (Å²) in [7, 11) is 4.19. The number of rotatable bonds is 6. The van der Waals surface area contributed by atoms with E-state index < -0.39 is 0 Å². The molecule has 3 heterocycles. The van der Waals surface area contributed by atoms with E-state index in [1.54, 1.807) is 0 Å². The molecule has 6 heteroatoms. The van der Waals surface area contributed by atoms with Crippen molar-refractivity contribution in [3.8, 4) is 0 Å². The van der Waals surface area contributed by atoms with E-state index in [0.29, 0.717) is 11.8 Å². The fraction of sp³-hybridized carbons (Fsp3) is 0.571. The summed E-state index contributed by atoms with van der Waals surface area (Å²) in [6.45, 7) is 14.3. The summed E-state index contributed by atoms with van der Waals surface area (Å²) in [5, 5.41) is 1.15. The van der Waals surface area contributed by atoms with Crippen LogP contribution in [0.2, 0.25) is 0 Å². The molecule has 0 saturated heterocycles. The average Bonchev–Trinajstić information content (AvgIpc) is 3.27. The van der Waals surface area contributed by atoms with Gasteiger partial charge in [0.2, 0.25) is 6.33 Å². The lowest BCUT2D eigenvalue weighted by Crippen LogP contribution is -2.33. The maximum atomic E-state index is 4.80. The third-order valence-electron chi connectivity index (χ3n) is 5.36. The van der Waals surface area contributed by atoms with Crippen LogP contribution in [0.4, 0.5) is 0 Å². The van der Waals surface area contributed by atoms with E-state index in [-0.39, 0.29) is 5.41 Å². The lowest BCUT2D eigenvalue weighted by molar-refractivity contribution is -0.698. The Morgan fingerprint density at radius 1 is 1.15 bits per heavy atom. The van der Waals surface area contributed by atoms with E-state index in [4.69, 9.17) is 4.98 Å².